The zero-order chi connectivity index (χ0) is 59.0. The van der Waals surface area contributed by atoms with E-state index in [1.54, 1.807) is 0 Å². The molecule has 6 unspecified atom stereocenters. The molecule has 11 rings (SSSR count). The molecule has 0 aliphatic heterocycles. The summed E-state index contributed by atoms with van der Waals surface area (Å²) in [6, 6.07) is 0. The largest absolute Gasteiger partial charge is 0.0651 e. The monoisotopic (exact) mass is 1080 g/mol. The van der Waals surface area contributed by atoms with Crippen LogP contribution in [0.2, 0.25) is 0 Å². The highest BCUT2D eigenvalue weighted by Crippen LogP contribution is 2.47. The van der Waals surface area contributed by atoms with Crippen LogP contribution in [-0.4, -0.2) is 0 Å². The van der Waals surface area contributed by atoms with Crippen LogP contribution in [0.4, 0.5) is 0 Å². The van der Waals surface area contributed by atoms with Gasteiger partial charge >= 0.3 is 0 Å². The third-order valence-corrected chi connectivity index (χ3v) is 25.1. The van der Waals surface area contributed by atoms with Crippen LogP contribution in [-0.2, 0) is 0 Å². The molecule has 0 heteroatoms. The SMILES string of the molecule is CC(C)C1CCC1.CC1CC(C)(C)C1.CC1CC(C)C1C.CC1CCC1(C)C.CCC1(C)CCC1.CCC1(C)CCC1.CCC1CC(C)C1.CCC1CC(C)C1.CCC1CCC1C.CCC1CC[C@@H]1C.C[C@H]1CCC1(C)C. The van der Waals surface area contributed by atoms with Gasteiger partial charge in [0.25, 0.3) is 0 Å². The zero-order valence-corrected chi connectivity index (χ0v) is 59.0. The van der Waals surface area contributed by atoms with Crippen LogP contribution < -0.4 is 0 Å². The molecule has 0 aromatic rings. The predicted octanol–water partition coefficient (Wildman–Crippen LogP) is 27.0. The van der Waals surface area contributed by atoms with Crippen molar-refractivity contribution in [1.82, 2.24) is 0 Å². The summed E-state index contributed by atoms with van der Waals surface area (Å²) in [6.07, 6.45) is 43.8. The summed E-state index contributed by atoms with van der Waals surface area (Å²) in [7, 11) is 0. The Balaban J connectivity index is 0.000000423. The van der Waals surface area contributed by atoms with E-state index in [0.29, 0.717) is 16.2 Å². The molecule has 0 heterocycles. The summed E-state index contributed by atoms with van der Waals surface area (Å²) >= 11 is 0. The van der Waals surface area contributed by atoms with Gasteiger partial charge < -0.3 is 0 Å². The Kier molecular flexibility index (Phi) is 35.7. The molecule has 11 saturated carbocycles. The first-order chi connectivity index (χ1) is 35.7. The molecule has 0 spiro atoms. The normalized spacial score (nSPS) is 35.6. The van der Waals surface area contributed by atoms with Crippen molar-refractivity contribution in [2.24, 2.45) is 122 Å². The fourth-order valence-corrected chi connectivity index (χ4v) is 14.1. The van der Waals surface area contributed by atoms with E-state index >= 15 is 0 Å². The van der Waals surface area contributed by atoms with E-state index in [9.17, 15) is 0 Å². The van der Waals surface area contributed by atoms with Crippen molar-refractivity contribution in [2.45, 2.75) is 373 Å². The number of hydrogen-bond acceptors (Lipinski definition) is 0. The van der Waals surface area contributed by atoms with Crippen LogP contribution in [0.5, 0.6) is 0 Å². The lowest BCUT2D eigenvalue weighted by molar-refractivity contribution is 0.0891. The number of hydrogen-bond donors (Lipinski definition) is 0. The maximum Gasteiger partial charge on any atom is -0.0328 e. The van der Waals surface area contributed by atoms with E-state index in [1.165, 1.54) is 193 Å². The van der Waals surface area contributed by atoms with Crippen LogP contribution in [0.3, 0.4) is 0 Å². The Labute approximate surface area is 491 Å². The van der Waals surface area contributed by atoms with Crippen molar-refractivity contribution in [2.75, 3.05) is 0 Å². The first kappa shape index (κ1) is 75.0. The van der Waals surface area contributed by atoms with E-state index in [2.05, 4.69) is 180 Å². The maximum atomic E-state index is 2.39. The van der Waals surface area contributed by atoms with Gasteiger partial charge in [0.05, 0.1) is 0 Å². The topological polar surface area (TPSA) is 0 Å². The highest BCUT2D eigenvalue weighted by Gasteiger charge is 2.36. The molecule has 0 bridgehead atoms. The summed E-state index contributed by atoms with van der Waals surface area (Å²) in [5.74, 6) is 16.6. The van der Waals surface area contributed by atoms with Crippen molar-refractivity contribution in [3.05, 3.63) is 0 Å². The van der Waals surface area contributed by atoms with E-state index in [0.717, 1.165) is 106 Å². The van der Waals surface area contributed by atoms with Crippen molar-refractivity contribution < 1.29 is 0 Å². The number of rotatable bonds is 7. The molecule has 0 radical (unpaired) electrons. The quantitative estimate of drug-likeness (QED) is 0.238. The van der Waals surface area contributed by atoms with Crippen LogP contribution in [0.1, 0.15) is 373 Å². The summed E-state index contributed by atoms with van der Waals surface area (Å²) in [4.78, 5) is 0. The first-order valence-electron chi connectivity index (χ1n) is 35.7. The smallest absolute Gasteiger partial charge is 0.0328 e. The standard InChI is InChI=1S/11C7H14/c1-6-4-7(2,3)5-6;2*1-6-4-5-7(6,2)3;1-5-4-6(2)7(5)3;1-6(2)7-4-3-5-7;2*1-3-7-4-6(2)5-7;2*1-3-7(2)5-4-6-7;2*1-3-7-5-4-6(7)2/h3*6H,4-5H2,1-3H3;5-7H,4H2,1-3H3;3*6-7H,3-5H2,1-2H3;2*3-6H2,1-2H3;2*6-7H,3-5H2,1-2H3/t;6-;;;;;;;;6-,7?;/m.0.......0./s1. The van der Waals surface area contributed by atoms with Crippen LogP contribution in [0, 0.1) is 122 Å². The Bertz CT molecular complexity index is 1280. The summed E-state index contributed by atoms with van der Waals surface area (Å²) in [5.41, 5.74) is 3.58. The van der Waals surface area contributed by atoms with Gasteiger partial charge in [-0.25, -0.2) is 0 Å². The maximum absolute atomic E-state index is 2.39. The van der Waals surface area contributed by atoms with Crippen LogP contribution >= 0.6 is 0 Å². The van der Waals surface area contributed by atoms with Gasteiger partial charge in [-0.05, 0) is 231 Å². The Morgan fingerprint density at radius 1 is 0.364 bits per heavy atom. The Morgan fingerprint density at radius 2 is 0.701 bits per heavy atom. The van der Waals surface area contributed by atoms with Crippen molar-refractivity contribution in [3.63, 3.8) is 0 Å². The predicted molar refractivity (Wildman–Crippen MR) is 354 cm³/mol. The molecule has 77 heavy (non-hydrogen) atoms. The average molecular weight is 1080 g/mol. The molecule has 11 aliphatic rings. The second-order valence-corrected chi connectivity index (χ2v) is 33.7. The molecule has 0 N–H and O–H groups in total. The lowest BCUT2D eigenvalue weighted by Gasteiger charge is -2.42. The van der Waals surface area contributed by atoms with E-state index in [1.807, 2.05) is 0 Å². The van der Waals surface area contributed by atoms with E-state index in [-0.39, 0.29) is 0 Å². The lowest BCUT2D eigenvalue weighted by Crippen LogP contribution is -2.31. The summed E-state index contributed by atoms with van der Waals surface area (Å²) < 4.78 is 0. The Morgan fingerprint density at radius 3 is 0.714 bits per heavy atom. The lowest BCUT2D eigenvalue weighted by atomic mass is 9.64. The molecule has 0 aromatic heterocycles. The zero-order valence-electron chi connectivity index (χ0n) is 59.0. The average Bonchev–Trinajstić information content (AvgIpc) is 3.32. The van der Waals surface area contributed by atoms with Crippen LogP contribution in [0.15, 0.2) is 0 Å². The van der Waals surface area contributed by atoms with E-state index in [4.69, 9.17) is 0 Å². The summed E-state index contributed by atoms with van der Waals surface area (Å²) in [6.45, 7) is 60.7. The van der Waals surface area contributed by atoms with Gasteiger partial charge in [0, 0.05) is 0 Å². The van der Waals surface area contributed by atoms with E-state index < -0.39 is 0 Å². The van der Waals surface area contributed by atoms with Crippen molar-refractivity contribution in [3.8, 4) is 0 Å². The van der Waals surface area contributed by atoms with Gasteiger partial charge in [-0.15, -0.1) is 0 Å². The molecular formula is C77H154. The summed E-state index contributed by atoms with van der Waals surface area (Å²) in [5, 5.41) is 0. The molecule has 0 amide bonds. The van der Waals surface area contributed by atoms with Crippen LogP contribution in [0.25, 0.3) is 0 Å². The van der Waals surface area contributed by atoms with Gasteiger partial charge in [-0.1, -0.05) is 263 Å². The molecule has 462 valence electrons. The molecule has 11 fully saturated rings. The molecule has 0 saturated heterocycles. The second-order valence-electron chi connectivity index (χ2n) is 33.7. The van der Waals surface area contributed by atoms with Crippen molar-refractivity contribution >= 4 is 0 Å². The first-order valence-corrected chi connectivity index (χ1v) is 35.7. The van der Waals surface area contributed by atoms with Gasteiger partial charge in [0.2, 0.25) is 0 Å². The third-order valence-electron chi connectivity index (χ3n) is 25.1. The van der Waals surface area contributed by atoms with Gasteiger partial charge in [0.15, 0.2) is 0 Å². The molecule has 8 atom stereocenters. The molecule has 0 aromatic carbocycles. The van der Waals surface area contributed by atoms with Gasteiger partial charge in [-0.3, -0.25) is 0 Å². The minimum Gasteiger partial charge on any atom is -0.0651 e. The highest BCUT2D eigenvalue weighted by atomic mass is 14.4. The third kappa shape index (κ3) is 28.9. The fourth-order valence-electron chi connectivity index (χ4n) is 14.1. The molecule has 0 nitrogen and oxygen atoms in total. The van der Waals surface area contributed by atoms with Gasteiger partial charge in [0.1, 0.15) is 0 Å². The second kappa shape index (κ2) is 36.7. The van der Waals surface area contributed by atoms with Crippen molar-refractivity contribution in [1.29, 1.82) is 0 Å². The minimum absolute atomic E-state index is 0.681. The minimum atomic E-state index is 0.681. The highest BCUT2D eigenvalue weighted by molar-refractivity contribution is 4.87. The Hall–Kier alpha value is 0. The fraction of sp³-hybridized carbons (Fsp3) is 1.00. The molecular weight excluding hydrogens is 925 g/mol. The van der Waals surface area contributed by atoms with Gasteiger partial charge in [-0.2, -0.15) is 0 Å². The molecule has 11 aliphatic carbocycles.